The predicted molar refractivity (Wildman–Crippen MR) is 74.0 cm³/mol. The molecule has 0 radical (unpaired) electrons. The Morgan fingerprint density at radius 3 is 2.86 bits per heavy atom. The summed E-state index contributed by atoms with van der Waals surface area (Å²) >= 11 is 0. The van der Waals surface area contributed by atoms with Gasteiger partial charge in [-0.2, -0.15) is 0 Å². The number of fused-ring (bicyclic) bond motifs is 1. The van der Waals surface area contributed by atoms with Gasteiger partial charge in [-0.1, -0.05) is 13.8 Å². The van der Waals surface area contributed by atoms with Crippen LogP contribution in [0.3, 0.4) is 0 Å². The Morgan fingerprint density at radius 2 is 2.24 bits per heavy atom. The van der Waals surface area contributed by atoms with Crippen LogP contribution in [0.15, 0.2) is 47.4 Å². The first-order valence-corrected chi connectivity index (χ1v) is 6.55. The molecular weight excluding hydrogens is 274 g/mol. The molecule has 3 rings (SSSR count). The molecule has 0 saturated carbocycles. The highest BCUT2D eigenvalue weighted by atomic mass is 16.7. The third kappa shape index (κ3) is 2.52. The van der Waals surface area contributed by atoms with Crippen LogP contribution in [0.5, 0.6) is 0 Å². The lowest BCUT2D eigenvalue weighted by molar-refractivity contribution is 0.0140. The topological polar surface area (TPSA) is 73.7 Å². The van der Waals surface area contributed by atoms with Crippen LogP contribution in [0.4, 0.5) is 0 Å². The summed E-state index contributed by atoms with van der Waals surface area (Å²) in [5, 5.41) is 0. The van der Waals surface area contributed by atoms with Gasteiger partial charge in [-0.3, -0.25) is 0 Å². The quantitative estimate of drug-likeness (QED) is 0.874. The molecule has 21 heavy (non-hydrogen) atoms. The Labute approximate surface area is 121 Å². The fourth-order valence-corrected chi connectivity index (χ4v) is 2.09. The van der Waals surface area contributed by atoms with Crippen molar-refractivity contribution in [3.8, 4) is 0 Å². The van der Waals surface area contributed by atoms with E-state index in [9.17, 15) is 4.79 Å². The zero-order valence-electron chi connectivity index (χ0n) is 11.7. The molecule has 6 nitrogen and oxygen atoms in total. The van der Waals surface area contributed by atoms with Crippen LogP contribution >= 0.6 is 0 Å². The van der Waals surface area contributed by atoms with Gasteiger partial charge in [0.15, 0.2) is 17.4 Å². The summed E-state index contributed by atoms with van der Waals surface area (Å²) in [6, 6.07) is 3.35. The largest absolute Gasteiger partial charge is 0.463 e. The van der Waals surface area contributed by atoms with Gasteiger partial charge in [0.25, 0.3) is 5.95 Å². The third-order valence-corrected chi connectivity index (χ3v) is 3.12. The maximum atomic E-state index is 12.2. The maximum Gasteiger partial charge on any atom is 0.355 e. The van der Waals surface area contributed by atoms with Gasteiger partial charge < -0.3 is 23.6 Å². The first-order valence-electron chi connectivity index (χ1n) is 6.55. The van der Waals surface area contributed by atoms with Crippen LogP contribution < -0.4 is 0 Å². The summed E-state index contributed by atoms with van der Waals surface area (Å²) in [5.41, 5.74) is 1.68. The summed E-state index contributed by atoms with van der Waals surface area (Å²) in [6.07, 6.45) is 2.40. The lowest BCUT2D eigenvalue weighted by Crippen LogP contribution is -2.26. The standard InChI is InChI=1S/C15H15NO5/c1-8(2)14(13-7-19-9(3)20-13)21-15(17)11-6-12-10(16-11)4-5-18-12/h4-8,14,16H,3H2,1-2H3. The number of hydrogen-bond acceptors (Lipinski definition) is 5. The molecular formula is C15H15NO5. The van der Waals surface area contributed by atoms with Gasteiger partial charge in [0.1, 0.15) is 12.0 Å². The number of carbonyl (C=O) groups is 1. The van der Waals surface area contributed by atoms with Crippen LogP contribution in [0.25, 0.3) is 11.1 Å². The summed E-state index contributed by atoms with van der Waals surface area (Å²) in [6.45, 7) is 7.39. The summed E-state index contributed by atoms with van der Waals surface area (Å²) in [4.78, 5) is 15.2. The van der Waals surface area contributed by atoms with Gasteiger partial charge >= 0.3 is 5.97 Å². The number of aromatic amines is 1. The molecule has 0 bridgehead atoms. The second-order valence-corrected chi connectivity index (χ2v) is 5.06. The normalized spacial score (nSPS) is 15.8. The van der Waals surface area contributed by atoms with Crippen molar-refractivity contribution in [3.05, 3.63) is 48.6 Å². The van der Waals surface area contributed by atoms with Crippen LogP contribution in [0.2, 0.25) is 0 Å². The summed E-state index contributed by atoms with van der Waals surface area (Å²) in [7, 11) is 0. The first kappa shape index (κ1) is 13.4. The molecule has 0 aliphatic carbocycles. The highest BCUT2D eigenvalue weighted by Crippen LogP contribution is 2.26. The molecule has 6 heteroatoms. The van der Waals surface area contributed by atoms with Crippen molar-refractivity contribution in [1.82, 2.24) is 4.98 Å². The van der Waals surface area contributed by atoms with Crippen molar-refractivity contribution in [2.75, 3.05) is 0 Å². The maximum absolute atomic E-state index is 12.2. The van der Waals surface area contributed by atoms with Gasteiger partial charge in [-0.05, 0) is 12.5 Å². The molecule has 1 atom stereocenters. The van der Waals surface area contributed by atoms with E-state index in [0.29, 0.717) is 17.0 Å². The minimum atomic E-state index is -0.550. The number of carbonyl (C=O) groups excluding carboxylic acids is 1. The lowest BCUT2D eigenvalue weighted by atomic mass is 10.1. The van der Waals surface area contributed by atoms with Gasteiger partial charge in [-0.25, -0.2) is 4.79 Å². The number of furan rings is 1. The van der Waals surface area contributed by atoms with Gasteiger partial charge in [0, 0.05) is 12.1 Å². The molecule has 1 aliphatic heterocycles. The summed E-state index contributed by atoms with van der Waals surface area (Å²) in [5.74, 6) is 0.137. The third-order valence-electron chi connectivity index (χ3n) is 3.12. The van der Waals surface area contributed by atoms with E-state index in [1.165, 1.54) is 6.26 Å². The van der Waals surface area contributed by atoms with E-state index in [1.807, 2.05) is 13.8 Å². The zero-order valence-corrected chi connectivity index (χ0v) is 11.7. The Bertz CT molecular complexity index is 693. The summed E-state index contributed by atoms with van der Waals surface area (Å²) < 4.78 is 21.0. The number of ether oxygens (including phenoxy) is 3. The van der Waals surface area contributed by atoms with E-state index in [2.05, 4.69) is 11.6 Å². The van der Waals surface area contributed by atoms with E-state index in [1.54, 1.807) is 18.4 Å². The van der Waals surface area contributed by atoms with Gasteiger partial charge in [0.05, 0.1) is 11.8 Å². The van der Waals surface area contributed by atoms with Crippen molar-refractivity contribution in [2.24, 2.45) is 5.92 Å². The Morgan fingerprint density at radius 1 is 1.43 bits per heavy atom. The molecule has 0 amide bonds. The monoisotopic (exact) mass is 289 g/mol. The number of nitrogens with one attached hydrogen (secondary N) is 1. The van der Waals surface area contributed by atoms with Crippen molar-refractivity contribution in [2.45, 2.75) is 20.0 Å². The van der Waals surface area contributed by atoms with Crippen LogP contribution in [0.1, 0.15) is 24.3 Å². The molecule has 0 aromatic carbocycles. The average Bonchev–Trinajstić information content (AvgIpc) is 3.09. The smallest absolute Gasteiger partial charge is 0.355 e. The molecule has 2 aromatic rings. The lowest BCUT2D eigenvalue weighted by Gasteiger charge is -2.20. The number of H-pyrrole nitrogens is 1. The molecule has 0 spiro atoms. The number of esters is 1. The number of aromatic nitrogens is 1. The predicted octanol–water partition coefficient (Wildman–Crippen LogP) is 3.30. The van der Waals surface area contributed by atoms with Crippen LogP contribution in [0, 0.1) is 5.92 Å². The molecule has 3 heterocycles. The van der Waals surface area contributed by atoms with E-state index in [4.69, 9.17) is 18.6 Å². The van der Waals surface area contributed by atoms with Crippen molar-refractivity contribution < 1.29 is 23.4 Å². The van der Waals surface area contributed by atoms with Crippen LogP contribution in [-0.2, 0) is 14.2 Å². The van der Waals surface area contributed by atoms with E-state index < -0.39 is 12.1 Å². The molecule has 1 N–H and O–H groups in total. The second-order valence-electron chi connectivity index (χ2n) is 5.06. The molecule has 1 unspecified atom stereocenters. The molecule has 1 aliphatic rings. The highest BCUT2D eigenvalue weighted by Gasteiger charge is 2.29. The fraction of sp³-hybridized carbons (Fsp3) is 0.267. The number of hydrogen-bond donors (Lipinski definition) is 1. The zero-order chi connectivity index (χ0) is 15.0. The molecule has 0 fully saturated rings. The highest BCUT2D eigenvalue weighted by molar-refractivity contribution is 5.93. The minimum Gasteiger partial charge on any atom is -0.463 e. The molecule has 2 aromatic heterocycles. The van der Waals surface area contributed by atoms with Crippen molar-refractivity contribution >= 4 is 17.1 Å². The SMILES string of the molecule is C=C1OC=C(C(OC(=O)c2cc3occc3[nH]2)C(C)C)O1. The van der Waals surface area contributed by atoms with Crippen molar-refractivity contribution in [1.29, 1.82) is 0 Å². The minimum absolute atomic E-state index is 0.0210. The van der Waals surface area contributed by atoms with E-state index in [0.717, 1.165) is 5.52 Å². The van der Waals surface area contributed by atoms with Crippen LogP contribution in [-0.4, -0.2) is 17.1 Å². The Kier molecular flexibility index (Phi) is 3.21. The van der Waals surface area contributed by atoms with E-state index >= 15 is 0 Å². The van der Waals surface area contributed by atoms with E-state index in [-0.39, 0.29) is 11.9 Å². The Balaban J connectivity index is 1.77. The van der Waals surface area contributed by atoms with Gasteiger partial charge in [-0.15, -0.1) is 0 Å². The molecule has 110 valence electrons. The number of rotatable bonds is 4. The first-order chi connectivity index (χ1) is 10.0. The average molecular weight is 289 g/mol. The Hall–Kier alpha value is -2.63. The molecule has 0 saturated heterocycles. The van der Waals surface area contributed by atoms with Gasteiger partial charge in [0.2, 0.25) is 0 Å². The second kappa shape index (κ2) is 5.05. The van der Waals surface area contributed by atoms with Crippen molar-refractivity contribution in [3.63, 3.8) is 0 Å². The fourth-order valence-electron chi connectivity index (χ4n) is 2.09.